The number of halogens is 2. The lowest BCUT2D eigenvalue weighted by molar-refractivity contribution is 0.127. The largest absolute Gasteiger partial charge is 0.493 e. The van der Waals surface area contributed by atoms with Crippen molar-refractivity contribution in [2.24, 2.45) is 5.16 Å². The van der Waals surface area contributed by atoms with Gasteiger partial charge in [0.15, 0.2) is 0 Å². The van der Waals surface area contributed by atoms with Gasteiger partial charge in [0.1, 0.15) is 24.7 Å². The van der Waals surface area contributed by atoms with Crippen molar-refractivity contribution in [3.05, 3.63) is 32.7 Å². The van der Waals surface area contributed by atoms with Gasteiger partial charge >= 0.3 is 0 Å². The van der Waals surface area contributed by atoms with Crippen LogP contribution in [0.3, 0.4) is 0 Å². The van der Waals surface area contributed by atoms with Crippen molar-refractivity contribution in [3.63, 3.8) is 0 Å². The summed E-state index contributed by atoms with van der Waals surface area (Å²) in [4.78, 5) is 5.18. The average molecular weight is 463 g/mol. The molecule has 0 unspecified atom stereocenters. The summed E-state index contributed by atoms with van der Waals surface area (Å²) in [7, 11) is 0. The molecule has 6 heteroatoms. The van der Waals surface area contributed by atoms with E-state index in [1.165, 1.54) is 0 Å². The van der Waals surface area contributed by atoms with Crippen molar-refractivity contribution in [2.45, 2.75) is 40.5 Å². The van der Waals surface area contributed by atoms with Gasteiger partial charge in [-0.15, -0.1) is 0 Å². The van der Waals surface area contributed by atoms with Gasteiger partial charge in [0.05, 0.1) is 15.7 Å². The van der Waals surface area contributed by atoms with Crippen LogP contribution in [0.15, 0.2) is 26.8 Å². The Morgan fingerprint density at radius 1 is 1.17 bits per heavy atom. The number of oxime groups is 1. The molecule has 1 rings (SSSR count). The molecule has 0 saturated carbocycles. The van der Waals surface area contributed by atoms with Gasteiger partial charge in [-0.2, -0.15) is 0 Å². The van der Waals surface area contributed by atoms with Crippen LogP contribution in [0.25, 0.3) is 0 Å². The van der Waals surface area contributed by atoms with E-state index in [9.17, 15) is 0 Å². The number of hydrogen-bond acceptors (Lipinski definition) is 4. The van der Waals surface area contributed by atoms with E-state index in [0.717, 1.165) is 44.6 Å². The summed E-state index contributed by atoms with van der Waals surface area (Å²) in [5, 5.41) is 3.91. The normalized spacial score (nSPS) is 10.1. The van der Waals surface area contributed by atoms with Crippen LogP contribution in [-0.4, -0.2) is 25.5 Å². The van der Waals surface area contributed by atoms with E-state index in [0.29, 0.717) is 19.8 Å². The number of benzene rings is 1. The van der Waals surface area contributed by atoms with Gasteiger partial charge in [-0.25, -0.2) is 0 Å². The summed E-state index contributed by atoms with van der Waals surface area (Å²) in [6.45, 7) is 9.63. The number of rotatable bonds is 10. The Bertz CT molecular complexity index is 578. The van der Waals surface area contributed by atoms with Crippen LogP contribution in [0.5, 0.6) is 11.5 Å². The Balaban J connectivity index is 2.60. The Kier molecular flexibility index (Phi) is 10.1. The molecule has 1 aromatic rings. The smallest absolute Gasteiger partial charge is 0.125 e. The molecule has 0 atom stereocenters. The zero-order valence-electron chi connectivity index (χ0n) is 14.7. The van der Waals surface area contributed by atoms with Gasteiger partial charge in [0, 0.05) is 6.42 Å². The molecule has 0 radical (unpaired) electrons. The summed E-state index contributed by atoms with van der Waals surface area (Å²) in [5.74, 6) is 1.79. The first-order chi connectivity index (χ1) is 11.4. The molecule has 0 spiro atoms. The summed E-state index contributed by atoms with van der Waals surface area (Å²) in [5.41, 5.74) is 3.14. The minimum Gasteiger partial charge on any atom is -0.493 e. The fourth-order valence-electron chi connectivity index (χ4n) is 2.04. The van der Waals surface area contributed by atoms with Crippen molar-refractivity contribution < 1.29 is 14.3 Å². The molecule has 0 aromatic heterocycles. The fraction of sp³-hybridized carbons (Fsp3) is 0.500. The zero-order valence-corrected chi connectivity index (χ0v) is 17.9. The Morgan fingerprint density at radius 2 is 1.92 bits per heavy atom. The maximum absolute atomic E-state index is 5.95. The first-order valence-corrected chi connectivity index (χ1v) is 9.56. The zero-order chi connectivity index (χ0) is 17.9. The molecule has 4 nitrogen and oxygen atoms in total. The summed E-state index contributed by atoms with van der Waals surface area (Å²) in [6.07, 6.45) is 3.59. The third-order valence-electron chi connectivity index (χ3n) is 3.07. The number of ether oxygens (including phenoxy) is 2. The van der Waals surface area contributed by atoms with Crippen LogP contribution >= 0.6 is 31.9 Å². The molecule has 0 aliphatic carbocycles. The number of aryl methyl sites for hydroxylation is 2. The highest BCUT2D eigenvalue weighted by Crippen LogP contribution is 2.30. The van der Waals surface area contributed by atoms with E-state index in [1.807, 2.05) is 39.0 Å². The van der Waals surface area contributed by atoms with E-state index in [4.69, 9.17) is 14.3 Å². The molecule has 0 amide bonds. The predicted octanol–water partition coefficient (Wildman–Crippen LogP) is 5.75. The molecule has 0 aliphatic heterocycles. The lowest BCUT2D eigenvalue weighted by Gasteiger charge is -2.15. The predicted molar refractivity (Wildman–Crippen MR) is 107 cm³/mol. The van der Waals surface area contributed by atoms with Crippen molar-refractivity contribution in [1.29, 1.82) is 0 Å². The second kappa shape index (κ2) is 11.5. The molecular weight excluding hydrogens is 438 g/mol. The standard InChI is InChI=1S/C18H25Br2NO3/c1-5-15-12-16(22-10-7-17(19)20)11-14(4)18(15)23-8-6-9-24-21-13(2)3/h7,11-12H,5-6,8-10H2,1-4H3. The number of nitrogens with zero attached hydrogens (tertiary/aromatic N) is 1. The van der Waals surface area contributed by atoms with E-state index < -0.39 is 0 Å². The lowest BCUT2D eigenvalue weighted by Crippen LogP contribution is -2.05. The van der Waals surface area contributed by atoms with E-state index >= 15 is 0 Å². The quantitative estimate of drug-likeness (QED) is 0.252. The highest BCUT2D eigenvalue weighted by atomic mass is 79.9. The van der Waals surface area contributed by atoms with Crippen LogP contribution in [0, 0.1) is 6.92 Å². The molecule has 0 bridgehead atoms. The van der Waals surface area contributed by atoms with Crippen LogP contribution in [-0.2, 0) is 11.3 Å². The molecule has 0 N–H and O–H groups in total. The fourth-order valence-corrected chi connectivity index (χ4v) is 2.30. The van der Waals surface area contributed by atoms with E-state index in [2.05, 4.69) is 43.9 Å². The van der Waals surface area contributed by atoms with Crippen molar-refractivity contribution >= 4 is 37.6 Å². The highest BCUT2D eigenvalue weighted by molar-refractivity contribution is 9.28. The van der Waals surface area contributed by atoms with Gasteiger partial charge in [-0.3, -0.25) is 0 Å². The van der Waals surface area contributed by atoms with Gasteiger partial charge < -0.3 is 14.3 Å². The molecule has 0 fully saturated rings. The molecule has 24 heavy (non-hydrogen) atoms. The van der Waals surface area contributed by atoms with Crippen LogP contribution < -0.4 is 9.47 Å². The van der Waals surface area contributed by atoms with Gasteiger partial charge in [0.2, 0.25) is 0 Å². The Morgan fingerprint density at radius 3 is 2.54 bits per heavy atom. The molecule has 0 heterocycles. The third kappa shape index (κ3) is 8.20. The van der Waals surface area contributed by atoms with Crippen molar-refractivity contribution in [1.82, 2.24) is 0 Å². The second-order valence-electron chi connectivity index (χ2n) is 5.46. The first-order valence-electron chi connectivity index (χ1n) is 7.97. The van der Waals surface area contributed by atoms with Gasteiger partial charge in [-0.05, 0) is 88.4 Å². The third-order valence-corrected chi connectivity index (χ3v) is 3.71. The van der Waals surface area contributed by atoms with Crippen molar-refractivity contribution in [3.8, 4) is 11.5 Å². The SMILES string of the molecule is CCc1cc(OCC=C(Br)Br)cc(C)c1OCCCON=C(C)C. The summed E-state index contributed by atoms with van der Waals surface area (Å²) in [6, 6.07) is 4.05. The molecular formula is C18H25Br2NO3. The van der Waals surface area contributed by atoms with Gasteiger partial charge in [-0.1, -0.05) is 12.1 Å². The average Bonchev–Trinajstić information content (AvgIpc) is 2.51. The molecule has 1 aromatic carbocycles. The van der Waals surface area contributed by atoms with Crippen molar-refractivity contribution in [2.75, 3.05) is 19.8 Å². The number of hydrogen-bond donors (Lipinski definition) is 0. The van der Waals surface area contributed by atoms with Crippen LogP contribution in [0.2, 0.25) is 0 Å². The van der Waals surface area contributed by atoms with Crippen LogP contribution in [0.1, 0.15) is 38.3 Å². The van der Waals surface area contributed by atoms with Crippen LogP contribution in [0.4, 0.5) is 0 Å². The Hall–Kier alpha value is -1.01. The minimum atomic E-state index is 0.503. The Labute approximate surface area is 161 Å². The molecule has 0 aliphatic rings. The monoisotopic (exact) mass is 461 g/mol. The first kappa shape index (κ1) is 21.0. The topological polar surface area (TPSA) is 40.0 Å². The minimum absolute atomic E-state index is 0.503. The molecule has 134 valence electrons. The van der Waals surface area contributed by atoms with Gasteiger partial charge in [0.25, 0.3) is 0 Å². The maximum atomic E-state index is 5.95. The summed E-state index contributed by atoms with van der Waals surface area (Å²) >= 11 is 6.63. The van der Waals surface area contributed by atoms with E-state index in [-0.39, 0.29) is 0 Å². The molecule has 0 saturated heterocycles. The highest BCUT2D eigenvalue weighted by Gasteiger charge is 2.09. The maximum Gasteiger partial charge on any atom is 0.125 e. The summed E-state index contributed by atoms with van der Waals surface area (Å²) < 4.78 is 12.6. The van der Waals surface area contributed by atoms with E-state index in [1.54, 1.807) is 0 Å². The lowest BCUT2D eigenvalue weighted by atomic mass is 10.1. The second-order valence-corrected chi connectivity index (χ2v) is 8.23.